The Kier molecular flexibility index (Phi) is 2.62. The van der Waals surface area contributed by atoms with Gasteiger partial charge in [-0.15, -0.1) is 0 Å². The molecule has 1 aromatic rings. The molecule has 1 heterocycles. The van der Waals surface area contributed by atoms with Gasteiger partial charge in [0.1, 0.15) is 0 Å². The van der Waals surface area contributed by atoms with Crippen LogP contribution < -0.4 is 0 Å². The second-order valence-electron chi connectivity index (χ2n) is 3.52. The second kappa shape index (κ2) is 3.99. The van der Waals surface area contributed by atoms with Gasteiger partial charge in [-0.2, -0.15) is 0 Å². The molecule has 0 N–H and O–H groups in total. The number of hydrogen-bond acceptors (Lipinski definition) is 3. The fourth-order valence-corrected chi connectivity index (χ4v) is 4.22. The summed E-state index contributed by atoms with van der Waals surface area (Å²) in [7, 11) is 0. The van der Waals surface area contributed by atoms with E-state index in [1.165, 1.54) is 16.7 Å². The van der Waals surface area contributed by atoms with Crippen LogP contribution in [-0.4, -0.2) is 5.78 Å². The molecule has 1 nitrogen and oxygen atoms in total. The number of ketones is 1. The zero-order valence-electron chi connectivity index (χ0n) is 8.20. The lowest BCUT2D eigenvalue weighted by atomic mass is 10.2. The molecule has 0 unspecified atom stereocenters. The molecule has 0 saturated carbocycles. The second-order valence-corrected chi connectivity index (χ2v) is 6.09. The molecule has 0 bridgehead atoms. The Labute approximate surface area is 107 Å². The number of hydrogen-bond donors (Lipinski definition) is 0. The first-order valence-corrected chi connectivity index (χ1v) is 6.84. The van der Waals surface area contributed by atoms with Crippen LogP contribution in [0.25, 0.3) is 0 Å². The van der Waals surface area contributed by atoms with Crippen LogP contribution in [0.3, 0.4) is 0 Å². The zero-order valence-corrected chi connectivity index (χ0v) is 10.6. The first kappa shape index (κ1) is 10.5. The van der Waals surface area contributed by atoms with Crippen LogP contribution in [0, 0.1) is 0 Å². The number of halogens is 1. The summed E-state index contributed by atoms with van der Waals surface area (Å²) in [6.45, 7) is 0. The van der Waals surface area contributed by atoms with Crippen molar-refractivity contribution in [3.8, 4) is 0 Å². The molecule has 0 aromatic heterocycles. The minimum Gasteiger partial charge on any atom is -0.293 e. The van der Waals surface area contributed by atoms with Crippen molar-refractivity contribution >= 4 is 40.9 Å². The Morgan fingerprint density at radius 3 is 2.94 bits per heavy atom. The Bertz CT molecular complexity index is 546. The van der Waals surface area contributed by atoms with E-state index in [9.17, 15) is 4.79 Å². The third kappa shape index (κ3) is 1.73. The van der Waals surface area contributed by atoms with Gasteiger partial charge in [-0.05, 0) is 18.2 Å². The molecular weight excluding hydrogens is 260 g/mol. The van der Waals surface area contributed by atoms with Crippen LogP contribution in [0.4, 0.5) is 0 Å². The molecule has 2 aliphatic rings. The largest absolute Gasteiger partial charge is 0.293 e. The van der Waals surface area contributed by atoms with E-state index < -0.39 is 0 Å². The first-order valence-electron chi connectivity index (χ1n) is 4.83. The minimum absolute atomic E-state index is 0.209. The van der Waals surface area contributed by atoms with Gasteiger partial charge in [0.2, 0.25) is 0 Å². The number of carbonyl (C=O) groups excluding carboxylic acids is 1. The highest BCUT2D eigenvalue weighted by Gasteiger charge is 2.24. The van der Waals surface area contributed by atoms with Gasteiger partial charge in [0.25, 0.3) is 0 Å². The maximum absolute atomic E-state index is 11.7. The number of allylic oxidation sites excluding steroid dienone is 3. The SMILES string of the molecule is O=C1CC=CC2=C1Sc1cc(Cl)ccc1S2. The lowest BCUT2D eigenvalue weighted by molar-refractivity contribution is -0.114. The third-order valence-corrected chi connectivity index (χ3v) is 5.23. The third-order valence-electron chi connectivity index (χ3n) is 2.39. The molecule has 0 amide bonds. The summed E-state index contributed by atoms with van der Waals surface area (Å²) in [6, 6.07) is 5.81. The van der Waals surface area contributed by atoms with Crippen molar-refractivity contribution in [2.75, 3.05) is 0 Å². The quantitative estimate of drug-likeness (QED) is 0.698. The lowest BCUT2D eigenvalue weighted by Crippen LogP contribution is -2.06. The number of thioether (sulfide) groups is 2. The van der Waals surface area contributed by atoms with Gasteiger partial charge in [0.05, 0.1) is 4.91 Å². The highest BCUT2D eigenvalue weighted by atomic mass is 35.5. The van der Waals surface area contributed by atoms with E-state index in [1.54, 1.807) is 11.8 Å². The summed E-state index contributed by atoms with van der Waals surface area (Å²) in [5, 5.41) is 0.717. The van der Waals surface area contributed by atoms with Gasteiger partial charge in [-0.3, -0.25) is 4.79 Å². The summed E-state index contributed by atoms with van der Waals surface area (Å²) in [5.74, 6) is 0.209. The van der Waals surface area contributed by atoms with Crippen LogP contribution >= 0.6 is 35.1 Å². The highest BCUT2D eigenvalue weighted by Crippen LogP contribution is 2.49. The van der Waals surface area contributed by atoms with E-state index in [4.69, 9.17) is 11.6 Å². The van der Waals surface area contributed by atoms with E-state index in [-0.39, 0.29) is 5.78 Å². The smallest absolute Gasteiger partial charge is 0.174 e. The van der Waals surface area contributed by atoms with Crippen LogP contribution in [0.1, 0.15) is 6.42 Å². The Morgan fingerprint density at radius 1 is 1.19 bits per heavy atom. The van der Waals surface area contributed by atoms with Crippen molar-refractivity contribution in [1.82, 2.24) is 0 Å². The molecule has 80 valence electrons. The van der Waals surface area contributed by atoms with E-state index in [0.717, 1.165) is 19.7 Å². The summed E-state index contributed by atoms with van der Waals surface area (Å²) < 4.78 is 0. The van der Waals surface area contributed by atoms with Crippen molar-refractivity contribution < 1.29 is 4.79 Å². The monoisotopic (exact) mass is 266 g/mol. The van der Waals surface area contributed by atoms with E-state index >= 15 is 0 Å². The summed E-state index contributed by atoms with van der Waals surface area (Å²) in [6.07, 6.45) is 4.48. The maximum Gasteiger partial charge on any atom is 0.174 e. The predicted molar refractivity (Wildman–Crippen MR) is 69.0 cm³/mol. The normalized spacial score (nSPS) is 18.4. The molecule has 0 fully saturated rings. The highest BCUT2D eigenvalue weighted by molar-refractivity contribution is 8.10. The Balaban J connectivity index is 2.07. The molecule has 1 aliphatic carbocycles. The van der Waals surface area contributed by atoms with Crippen LogP contribution in [-0.2, 0) is 4.79 Å². The minimum atomic E-state index is 0.209. The summed E-state index contributed by atoms with van der Waals surface area (Å²) in [4.78, 5) is 15.9. The topological polar surface area (TPSA) is 17.1 Å². The molecule has 0 saturated heterocycles. The Morgan fingerprint density at radius 2 is 2.06 bits per heavy atom. The van der Waals surface area contributed by atoms with Gasteiger partial charge in [0.15, 0.2) is 5.78 Å². The number of carbonyl (C=O) groups is 1. The zero-order chi connectivity index (χ0) is 11.1. The van der Waals surface area contributed by atoms with E-state index in [1.807, 2.05) is 30.4 Å². The molecule has 0 atom stereocenters. The van der Waals surface area contributed by atoms with E-state index in [2.05, 4.69) is 0 Å². The molecule has 0 spiro atoms. The standard InChI is InChI=1S/C12H7ClOS2/c13-7-4-5-9-11(6-7)16-12-8(14)2-1-3-10(12)15-9/h1,3-6H,2H2. The van der Waals surface area contributed by atoms with Gasteiger partial charge in [-0.1, -0.05) is 47.3 Å². The van der Waals surface area contributed by atoms with Crippen molar-refractivity contribution in [2.24, 2.45) is 0 Å². The first-order chi connectivity index (χ1) is 7.74. The molecule has 16 heavy (non-hydrogen) atoms. The average molecular weight is 267 g/mol. The fraction of sp³-hybridized carbons (Fsp3) is 0.0833. The van der Waals surface area contributed by atoms with Crippen molar-refractivity contribution in [1.29, 1.82) is 0 Å². The number of Topliss-reactive ketones (excluding diaryl/α,β-unsaturated/α-hetero) is 1. The molecule has 1 aliphatic heterocycles. The number of fused-ring (bicyclic) bond motifs is 1. The van der Waals surface area contributed by atoms with Crippen LogP contribution in [0.5, 0.6) is 0 Å². The Hall–Kier alpha value is -0.640. The lowest BCUT2D eigenvalue weighted by Gasteiger charge is -2.21. The van der Waals surface area contributed by atoms with Crippen LogP contribution in [0.2, 0.25) is 5.02 Å². The van der Waals surface area contributed by atoms with Gasteiger partial charge < -0.3 is 0 Å². The van der Waals surface area contributed by atoms with Crippen LogP contribution in [0.15, 0.2) is 50.0 Å². The van der Waals surface area contributed by atoms with Gasteiger partial charge in [0, 0.05) is 26.1 Å². The van der Waals surface area contributed by atoms with Gasteiger partial charge >= 0.3 is 0 Å². The molecular formula is C12H7ClOS2. The molecule has 4 heteroatoms. The average Bonchev–Trinajstić information content (AvgIpc) is 2.28. The molecule has 3 rings (SSSR count). The van der Waals surface area contributed by atoms with Crippen molar-refractivity contribution in [2.45, 2.75) is 16.2 Å². The van der Waals surface area contributed by atoms with Gasteiger partial charge in [-0.25, -0.2) is 0 Å². The molecule has 0 radical (unpaired) electrons. The number of benzene rings is 1. The predicted octanol–water partition coefficient (Wildman–Crippen LogP) is 4.28. The maximum atomic E-state index is 11.7. The summed E-state index contributed by atoms with van der Waals surface area (Å²) >= 11 is 9.13. The molecule has 1 aromatic carbocycles. The fourth-order valence-electron chi connectivity index (χ4n) is 1.64. The number of rotatable bonds is 0. The van der Waals surface area contributed by atoms with Crippen molar-refractivity contribution in [3.63, 3.8) is 0 Å². The van der Waals surface area contributed by atoms with E-state index in [0.29, 0.717) is 6.42 Å². The summed E-state index contributed by atoms with van der Waals surface area (Å²) in [5.41, 5.74) is 0. The van der Waals surface area contributed by atoms with Crippen molar-refractivity contribution in [3.05, 3.63) is 45.2 Å².